The number of halogens is 2. The minimum absolute atomic E-state index is 0.229. The van der Waals surface area contributed by atoms with Crippen LogP contribution in [0, 0.1) is 0 Å². The summed E-state index contributed by atoms with van der Waals surface area (Å²) in [6, 6.07) is 4.75. The van der Waals surface area contributed by atoms with Gasteiger partial charge in [0.1, 0.15) is 0 Å². The largest absolute Gasteiger partial charge is 0.493 e. The van der Waals surface area contributed by atoms with Crippen LogP contribution in [0.5, 0.6) is 11.5 Å². The van der Waals surface area contributed by atoms with Gasteiger partial charge in [0.2, 0.25) is 11.7 Å². The van der Waals surface area contributed by atoms with Crippen LogP contribution in [0.25, 0.3) is 11.0 Å². The van der Waals surface area contributed by atoms with Crippen molar-refractivity contribution >= 4 is 51.5 Å². The Balaban J connectivity index is 1.92. The van der Waals surface area contributed by atoms with E-state index in [9.17, 15) is 9.59 Å². The van der Waals surface area contributed by atoms with Crippen LogP contribution in [0.1, 0.15) is 25.7 Å². The van der Waals surface area contributed by atoms with E-state index in [0.29, 0.717) is 64.2 Å². The molecule has 3 rings (SSSR count). The molecule has 3 N–H and O–H groups in total. The number of hydrogen-bond donors (Lipinski definition) is 2. The second kappa shape index (κ2) is 10.4. The van der Waals surface area contributed by atoms with Gasteiger partial charge in [-0.1, -0.05) is 23.2 Å². The molecule has 0 unspecified atom stereocenters. The summed E-state index contributed by atoms with van der Waals surface area (Å²) in [4.78, 5) is 27.0. The van der Waals surface area contributed by atoms with Crippen molar-refractivity contribution in [2.24, 2.45) is 5.73 Å². The van der Waals surface area contributed by atoms with Crippen LogP contribution < -0.4 is 26.1 Å². The molecule has 1 amide bonds. The molecule has 31 heavy (non-hydrogen) atoms. The quantitative estimate of drug-likeness (QED) is 0.329. The summed E-state index contributed by atoms with van der Waals surface area (Å²) in [6.07, 6.45) is 5.37. The number of pyridine rings is 1. The smallest absolute Gasteiger partial charge is 0.338 e. The lowest BCUT2D eigenvalue weighted by Crippen LogP contribution is -2.10. The molecular weight excluding hydrogens is 445 g/mol. The van der Waals surface area contributed by atoms with Gasteiger partial charge in [-0.05, 0) is 31.4 Å². The van der Waals surface area contributed by atoms with Crippen LogP contribution in [-0.2, 0) is 4.79 Å². The molecule has 0 aliphatic heterocycles. The lowest BCUT2D eigenvalue weighted by atomic mass is 10.1. The maximum Gasteiger partial charge on any atom is 0.338 e. The second-order valence-electron chi connectivity index (χ2n) is 6.68. The van der Waals surface area contributed by atoms with Crippen molar-refractivity contribution in [3.8, 4) is 11.5 Å². The maximum absolute atomic E-state index is 12.3. The lowest BCUT2D eigenvalue weighted by molar-refractivity contribution is -0.118. The van der Waals surface area contributed by atoms with E-state index >= 15 is 0 Å². The fourth-order valence-electron chi connectivity index (χ4n) is 3.00. The zero-order valence-corrected chi connectivity index (χ0v) is 18.3. The number of benzene rings is 1. The van der Waals surface area contributed by atoms with Crippen LogP contribution in [0.15, 0.2) is 39.8 Å². The van der Waals surface area contributed by atoms with Crippen molar-refractivity contribution in [3.63, 3.8) is 0 Å². The molecule has 0 saturated carbocycles. The van der Waals surface area contributed by atoms with Gasteiger partial charge in [0.05, 0.1) is 35.1 Å². The van der Waals surface area contributed by atoms with Gasteiger partial charge in [0, 0.05) is 30.3 Å². The fraction of sp³-hybridized carbons (Fsp3) is 0.286. The van der Waals surface area contributed by atoms with E-state index < -0.39 is 5.63 Å². The number of carbonyl (C=O) groups excluding carboxylic acids is 1. The van der Waals surface area contributed by atoms with Crippen molar-refractivity contribution in [3.05, 3.63) is 51.1 Å². The van der Waals surface area contributed by atoms with Crippen LogP contribution in [-0.4, -0.2) is 24.6 Å². The number of carbonyl (C=O) groups is 1. The molecule has 0 saturated heterocycles. The number of nitrogens with one attached hydrogen (secondary N) is 1. The second-order valence-corrected chi connectivity index (χ2v) is 7.50. The van der Waals surface area contributed by atoms with Gasteiger partial charge >= 0.3 is 5.63 Å². The fourth-order valence-corrected chi connectivity index (χ4v) is 3.46. The predicted molar refractivity (Wildman–Crippen MR) is 120 cm³/mol. The summed E-state index contributed by atoms with van der Waals surface area (Å²) in [6.45, 7) is 0.345. The Morgan fingerprint density at radius 3 is 2.61 bits per heavy atom. The SMILES string of the molecule is COc1ccc2c(Nc3c(Cl)cncc3Cl)cc(=O)oc2c1OCCCCCC(N)=O. The van der Waals surface area contributed by atoms with Gasteiger partial charge in [-0.2, -0.15) is 0 Å². The number of nitrogens with two attached hydrogens (primary N) is 1. The van der Waals surface area contributed by atoms with Crippen molar-refractivity contribution in [2.75, 3.05) is 19.0 Å². The average Bonchev–Trinajstić information content (AvgIpc) is 2.72. The van der Waals surface area contributed by atoms with Crippen LogP contribution in [0.3, 0.4) is 0 Å². The molecule has 2 aromatic heterocycles. The molecule has 8 nitrogen and oxygen atoms in total. The number of unbranched alkanes of at least 4 members (excludes halogenated alkanes) is 2. The Morgan fingerprint density at radius 2 is 1.94 bits per heavy atom. The third-order valence-corrected chi connectivity index (χ3v) is 5.05. The number of amides is 1. The van der Waals surface area contributed by atoms with E-state index in [4.69, 9.17) is 42.8 Å². The van der Waals surface area contributed by atoms with E-state index in [2.05, 4.69) is 10.3 Å². The normalized spacial score (nSPS) is 10.8. The summed E-state index contributed by atoms with van der Waals surface area (Å²) in [5.74, 6) is 0.403. The first-order chi connectivity index (χ1) is 14.9. The molecule has 3 aromatic rings. The monoisotopic (exact) mass is 465 g/mol. The minimum atomic E-state index is -0.587. The Kier molecular flexibility index (Phi) is 7.59. The van der Waals surface area contributed by atoms with Crippen LogP contribution >= 0.6 is 23.2 Å². The van der Waals surface area contributed by atoms with Gasteiger partial charge in [0.25, 0.3) is 0 Å². The van der Waals surface area contributed by atoms with Crippen LogP contribution in [0.4, 0.5) is 11.4 Å². The number of rotatable bonds is 10. The topological polar surface area (TPSA) is 117 Å². The lowest BCUT2D eigenvalue weighted by Gasteiger charge is -2.15. The zero-order valence-electron chi connectivity index (χ0n) is 16.7. The summed E-state index contributed by atoms with van der Waals surface area (Å²) >= 11 is 12.4. The summed E-state index contributed by atoms with van der Waals surface area (Å²) < 4.78 is 16.7. The molecular formula is C21H21Cl2N3O5. The van der Waals surface area contributed by atoms with Crippen molar-refractivity contribution in [1.29, 1.82) is 0 Å². The zero-order chi connectivity index (χ0) is 22.4. The maximum atomic E-state index is 12.3. The average molecular weight is 466 g/mol. The van der Waals surface area contributed by atoms with Crippen molar-refractivity contribution in [2.45, 2.75) is 25.7 Å². The Bertz CT molecular complexity index is 1130. The highest BCUT2D eigenvalue weighted by Crippen LogP contribution is 2.40. The third-order valence-electron chi connectivity index (χ3n) is 4.48. The highest BCUT2D eigenvalue weighted by molar-refractivity contribution is 6.39. The predicted octanol–water partition coefficient (Wildman–Crippen LogP) is 4.67. The Labute approximate surface area is 188 Å². The van der Waals surface area contributed by atoms with E-state index in [1.54, 1.807) is 12.1 Å². The van der Waals surface area contributed by atoms with E-state index in [0.717, 1.165) is 6.42 Å². The van der Waals surface area contributed by atoms with Gasteiger partial charge in [-0.3, -0.25) is 9.78 Å². The molecule has 0 radical (unpaired) electrons. The molecule has 0 fully saturated rings. The molecule has 2 heterocycles. The van der Waals surface area contributed by atoms with E-state index in [1.165, 1.54) is 25.6 Å². The number of anilines is 2. The summed E-state index contributed by atoms with van der Waals surface area (Å²) in [7, 11) is 1.50. The van der Waals surface area contributed by atoms with Gasteiger partial charge in [-0.25, -0.2) is 4.79 Å². The summed E-state index contributed by atoms with van der Waals surface area (Å²) in [5, 5.41) is 4.26. The molecule has 0 bridgehead atoms. The minimum Gasteiger partial charge on any atom is -0.493 e. The number of ether oxygens (including phenoxy) is 2. The standard InChI is InChI=1S/C21H21Cl2N3O5/c1-29-16-7-6-12-15(26-19-13(22)10-25-11-14(19)23)9-18(28)31-20(12)21(16)30-8-4-2-3-5-17(24)27/h6-7,9-11H,2-5,8H2,1H3,(H2,24,27)(H,25,26). The Hall–Kier alpha value is -2.97. The first kappa shape index (κ1) is 22.7. The van der Waals surface area contributed by atoms with Crippen molar-refractivity contribution < 1.29 is 18.7 Å². The number of nitrogens with zero attached hydrogens (tertiary/aromatic N) is 1. The number of primary amides is 1. The first-order valence-electron chi connectivity index (χ1n) is 9.52. The first-order valence-corrected chi connectivity index (χ1v) is 10.3. The van der Waals surface area contributed by atoms with Gasteiger partial charge in [-0.15, -0.1) is 0 Å². The molecule has 10 heteroatoms. The van der Waals surface area contributed by atoms with Gasteiger partial charge < -0.3 is 24.9 Å². The highest BCUT2D eigenvalue weighted by Gasteiger charge is 2.17. The van der Waals surface area contributed by atoms with Crippen LogP contribution in [0.2, 0.25) is 10.0 Å². The van der Waals surface area contributed by atoms with Crippen molar-refractivity contribution in [1.82, 2.24) is 4.98 Å². The molecule has 0 spiro atoms. The number of fused-ring (bicyclic) bond motifs is 1. The van der Waals surface area contributed by atoms with E-state index in [1.807, 2.05) is 0 Å². The van der Waals surface area contributed by atoms with Gasteiger partial charge in [0.15, 0.2) is 11.3 Å². The third kappa shape index (κ3) is 5.59. The number of methoxy groups -OCH3 is 1. The van der Waals surface area contributed by atoms with E-state index in [-0.39, 0.29) is 11.5 Å². The number of hydrogen-bond acceptors (Lipinski definition) is 7. The Morgan fingerprint density at radius 1 is 1.19 bits per heavy atom. The molecule has 0 aliphatic rings. The molecule has 164 valence electrons. The highest BCUT2D eigenvalue weighted by atomic mass is 35.5. The molecule has 0 atom stereocenters. The number of aromatic nitrogens is 1. The molecule has 1 aromatic carbocycles. The molecule has 0 aliphatic carbocycles. The summed E-state index contributed by atoms with van der Waals surface area (Å²) in [5.41, 5.74) is 5.64.